The fraction of sp³-hybridized carbons (Fsp3) is 0. The lowest BCUT2D eigenvalue weighted by Gasteiger charge is -2.26. The third-order valence-electron chi connectivity index (χ3n) is 16.2. The maximum absolute atomic E-state index is 7.31. The van der Waals surface area contributed by atoms with Crippen LogP contribution in [0.2, 0.25) is 0 Å². The van der Waals surface area contributed by atoms with Crippen molar-refractivity contribution in [2.24, 2.45) is 0 Å². The molecule has 4 aromatic heterocycles. The first-order chi connectivity index (χ1) is 39.9. The zero-order chi connectivity index (χ0) is 61.8. The number of fused-ring (bicyclic) bond motifs is 9. The Labute approximate surface area is 527 Å². The predicted octanol–water partition coefficient (Wildman–Crippen LogP) is -21.3. The lowest BCUT2D eigenvalue weighted by atomic mass is 9.57. The summed E-state index contributed by atoms with van der Waals surface area (Å²) in [6.45, 7) is 0. The van der Waals surface area contributed by atoms with Crippen molar-refractivity contribution >= 4 is 438 Å². The normalized spacial score (nSPS) is 11.9. The molecule has 0 aliphatic rings. The molecule has 85 heavy (non-hydrogen) atoms. The van der Waals surface area contributed by atoms with Crippen molar-refractivity contribution in [3.05, 3.63) is 24.3 Å². The van der Waals surface area contributed by atoms with E-state index in [-0.39, 0.29) is 258 Å². The van der Waals surface area contributed by atoms with Gasteiger partial charge in [-0.3, -0.25) is 9.13 Å². The summed E-state index contributed by atoms with van der Waals surface area (Å²) in [6.07, 6.45) is 0. The first-order valence-electron chi connectivity index (χ1n) is 25.0. The Morgan fingerprint density at radius 3 is 0.765 bits per heavy atom. The van der Waals surface area contributed by atoms with Crippen molar-refractivity contribution < 1.29 is 0 Å². The number of hydrogen-bond acceptors (Lipinski definition) is 3. The van der Waals surface area contributed by atoms with Gasteiger partial charge in [-0.15, -0.1) is 71.0 Å². The van der Waals surface area contributed by atoms with Crippen LogP contribution in [0.3, 0.4) is 0 Å². The van der Waals surface area contributed by atoms with E-state index in [4.69, 9.17) is 235 Å². The smallest absolute Gasteiger partial charge is 0.240 e. The van der Waals surface area contributed by atoms with Gasteiger partial charge in [0.15, 0.2) is 5.82 Å². The first kappa shape index (κ1) is 59.3. The van der Waals surface area contributed by atoms with Gasteiger partial charge >= 0.3 is 0 Å². The number of benzene rings is 8. The van der Waals surface area contributed by atoms with E-state index in [9.17, 15) is 0 Å². The van der Waals surface area contributed by atoms with Gasteiger partial charge in [-0.1, -0.05) is 94.1 Å². The predicted molar refractivity (Wildman–Crippen MR) is 385 cm³/mol. The van der Waals surface area contributed by atoms with Crippen LogP contribution in [-0.2, 0) is 0 Å². The Morgan fingerprint density at radius 1 is 0.212 bits per heavy atom. The average molecular weight is 1000 g/mol. The van der Waals surface area contributed by atoms with E-state index in [1.54, 1.807) is 28.8 Å². The molecule has 0 aliphatic heterocycles. The molecule has 322 valence electrons. The van der Waals surface area contributed by atoms with Crippen molar-refractivity contribution in [3.8, 4) is 40.1 Å². The van der Waals surface area contributed by atoms with Crippen LogP contribution < -0.4 is 153 Å². The summed E-state index contributed by atoms with van der Waals surface area (Å²) in [5.74, 6) is -0.851. The number of para-hydroxylation sites is 1. The molecule has 34 heteroatoms. The van der Waals surface area contributed by atoms with Crippen LogP contribution in [0.1, 0.15) is 0 Å². The second-order valence-electron chi connectivity index (χ2n) is 20.5. The standard InChI is InChI=1S/C51H4B28N6/c52-15-7(8-16(53)24(61)31(68)25(62)17(8)54)18(55)37(74)45-9(15)10-19(56)26(63)34(71)40(77)46(10)84(45)50-80-49(81-51(82-50)85-47-13(22(59)29(66)35(72)41(47)78)14-23(60)30(67)36(73)42(79)48(14)85)5-3-1-2-4-6(5)83-43-11(20(57)27(64)32(69)38(43)75)12-21(58)28(65)33(70)39(76)44(12)83/h1-4H. The van der Waals surface area contributed by atoms with E-state index in [1.807, 2.05) is 0 Å². The molecule has 6 nitrogen and oxygen atoms in total. The molecule has 12 aromatic rings. The summed E-state index contributed by atoms with van der Waals surface area (Å²) >= 11 is 0. The largest absolute Gasteiger partial charge is 0.310 e. The fourth-order valence-corrected chi connectivity index (χ4v) is 11.7. The first-order valence-corrected chi connectivity index (χ1v) is 25.0. The van der Waals surface area contributed by atoms with Crippen molar-refractivity contribution in [1.82, 2.24) is 28.7 Å². The third-order valence-corrected chi connectivity index (χ3v) is 16.2. The summed E-state index contributed by atoms with van der Waals surface area (Å²) < 4.78 is 4.37. The van der Waals surface area contributed by atoms with Crippen LogP contribution in [0.5, 0.6) is 0 Å². The average Bonchev–Trinajstić information content (AvgIpc) is 1.64. The van der Waals surface area contributed by atoms with Crippen LogP contribution in [0.15, 0.2) is 24.3 Å². The molecular formula is C51H4B28N6. The summed E-state index contributed by atoms with van der Waals surface area (Å²) in [6, 6.07) is 6.68. The quantitative estimate of drug-likeness (QED) is 0.161. The summed E-state index contributed by atoms with van der Waals surface area (Å²) in [5, 5.41) is 0.777. The van der Waals surface area contributed by atoms with Crippen molar-refractivity contribution in [1.29, 1.82) is 0 Å². The minimum atomic E-state index is -0.341. The minimum Gasteiger partial charge on any atom is -0.310 e. The highest BCUT2D eigenvalue weighted by Crippen LogP contribution is 2.35. The molecule has 0 unspecified atom stereocenters. The zero-order valence-corrected chi connectivity index (χ0v) is 44.7. The second-order valence-corrected chi connectivity index (χ2v) is 20.5. The van der Waals surface area contributed by atoms with Gasteiger partial charge in [-0.05, 0) is 50.2 Å². The highest BCUT2D eigenvalue weighted by Gasteiger charge is 2.31. The van der Waals surface area contributed by atoms with E-state index in [1.165, 1.54) is 9.13 Å². The number of aromatic nitrogens is 6. The van der Waals surface area contributed by atoms with E-state index in [0.717, 1.165) is 0 Å². The van der Waals surface area contributed by atoms with Crippen LogP contribution in [-0.4, -0.2) is 248 Å². The van der Waals surface area contributed by atoms with Gasteiger partial charge in [0.1, 0.15) is 220 Å². The molecule has 0 atom stereocenters. The second kappa shape index (κ2) is 20.3. The lowest BCUT2D eigenvalue weighted by Crippen LogP contribution is -2.56. The molecule has 0 spiro atoms. The maximum Gasteiger partial charge on any atom is 0.240 e. The van der Waals surface area contributed by atoms with Gasteiger partial charge in [-0.25, -0.2) is 0 Å². The van der Waals surface area contributed by atoms with E-state index in [0.29, 0.717) is 0 Å². The van der Waals surface area contributed by atoms with Crippen LogP contribution >= 0.6 is 0 Å². The minimum absolute atomic E-state index is 0.0148. The molecule has 0 saturated heterocycles. The van der Waals surface area contributed by atoms with Crippen molar-refractivity contribution in [2.45, 2.75) is 0 Å². The molecular weight excluding hydrogens is 999 g/mol. The van der Waals surface area contributed by atoms with Gasteiger partial charge < -0.3 is 4.57 Å². The van der Waals surface area contributed by atoms with E-state index < -0.39 is 0 Å². The molecule has 8 aromatic carbocycles. The highest BCUT2D eigenvalue weighted by molar-refractivity contribution is 6.76. The molecule has 0 amide bonds. The summed E-state index contributed by atoms with van der Waals surface area (Å²) in [4.78, 5) is 15.6. The van der Waals surface area contributed by atoms with Gasteiger partial charge in [0.2, 0.25) is 11.9 Å². The zero-order valence-electron chi connectivity index (χ0n) is 44.7. The van der Waals surface area contributed by atoms with Crippen molar-refractivity contribution in [3.63, 3.8) is 0 Å². The Morgan fingerprint density at radius 2 is 0.435 bits per heavy atom. The Bertz CT molecular complexity index is 5000. The molecule has 0 aliphatic carbocycles. The Hall–Kier alpha value is -6.01. The maximum atomic E-state index is 7.31. The van der Waals surface area contributed by atoms with Gasteiger partial charge in [-0.2, -0.15) is 15.0 Å². The van der Waals surface area contributed by atoms with Crippen molar-refractivity contribution in [2.75, 3.05) is 0 Å². The topological polar surface area (TPSA) is 53.5 Å². The summed E-state index contributed by atoms with van der Waals surface area (Å²) in [7, 11) is 189. The van der Waals surface area contributed by atoms with E-state index >= 15 is 0 Å². The number of nitrogens with zero attached hydrogens (tertiary/aromatic N) is 6. The van der Waals surface area contributed by atoms with Crippen LogP contribution in [0, 0.1) is 0 Å². The molecule has 0 fully saturated rings. The number of hydrogen-bond donors (Lipinski definition) is 0. The van der Waals surface area contributed by atoms with Gasteiger partial charge in [0.25, 0.3) is 0 Å². The molecule has 0 saturated carbocycles. The SMILES string of the molecule is [B]c1c([B])c([B])c(-c2c([B])c([B])c3c(c2[B])c2c([B])c([B])c([B])c([B])c2n3-c2nc(-c3ccccc3-n3c4c([B])c([B])c([B])c([B])c4c4c([B])c([B])c([B])c([B])c43)nc(-n3c4c([B])c([B])c([B])c([B])c4c4c([B])c([B])c([B])c([B])c43)n2)c([B])c1[B]. The third kappa shape index (κ3) is 7.75. The molecule has 12 rings (SSSR count). The summed E-state index contributed by atoms with van der Waals surface area (Å²) in [5.41, 5.74) is -2.60. The monoisotopic (exact) mass is 1010 g/mol. The molecule has 4 heterocycles. The lowest BCUT2D eigenvalue weighted by molar-refractivity contribution is 0.895. The molecule has 0 N–H and O–H groups in total. The van der Waals surface area contributed by atoms with Crippen LogP contribution in [0.4, 0.5) is 0 Å². The van der Waals surface area contributed by atoms with Gasteiger partial charge in [0.05, 0.1) is 5.69 Å². The highest BCUT2D eigenvalue weighted by atomic mass is 15.3. The molecule has 56 radical (unpaired) electrons. The Balaban J connectivity index is 1.34. The Kier molecular flexibility index (Phi) is 14.2. The van der Waals surface area contributed by atoms with E-state index in [2.05, 4.69) is 0 Å². The van der Waals surface area contributed by atoms with Gasteiger partial charge in [0, 0.05) is 44.0 Å². The van der Waals surface area contributed by atoms with Crippen LogP contribution in [0.25, 0.3) is 106 Å². The number of rotatable bonds is 5. The fourth-order valence-electron chi connectivity index (χ4n) is 11.7. The molecule has 0 bridgehead atoms.